The van der Waals surface area contributed by atoms with Crippen LogP contribution in [0.25, 0.3) is 22.2 Å². The molecule has 5 heterocycles. The number of hydrogen-bond acceptors (Lipinski definition) is 11. The van der Waals surface area contributed by atoms with E-state index in [2.05, 4.69) is 50.8 Å². The standard InChI is InChI=1S/C32H40N12O2/c1-20-14-35-32(39-27-13-21(2)43(5)41-27)40-29(20)25-17-34-30-24(25)7-6-8-26(30)38-28(45)19-44-11-9-22(18-44)46-23-15-36-31(37-16-23)33-10-12-42(3)4/h6-8,13-17,22,34H,9-12,18-19H2,1-5H3,(H,38,45)(H,33,36,37)(H,35,39,40,41)/t22-/m0/s1. The molecule has 240 valence electrons. The van der Waals surface area contributed by atoms with Crippen LogP contribution < -0.4 is 20.7 Å². The van der Waals surface area contributed by atoms with Gasteiger partial charge in [0.2, 0.25) is 17.8 Å². The molecule has 0 saturated carbocycles. The van der Waals surface area contributed by atoms with Crippen LogP contribution in [0.1, 0.15) is 17.7 Å². The SMILES string of the molecule is Cc1cnc(Nc2cc(C)n(C)n2)nc1-c1c[nH]c2c(NC(=O)CN3CC[C@H](Oc4cnc(NCCN(C)C)nc4)C3)cccc12. The van der Waals surface area contributed by atoms with Gasteiger partial charge in [-0.25, -0.2) is 19.9 Å². The number of ether oxygens (including phenoxy) is 1. The van der Waals surface area contributed by atoms with Crippen LogP contribution in [0.15, 0.2) is 49.1 Å². The first kappa shape index (κ1) is 30.9. The Hall–Kier alpha value is -5.08. The van der Waals surface area contributed by atoms with Crippen LogP contribution in [0.4, 0.5) is 23.4 Å². The zero-order valence-electron chi connectivity index (χ0n) is 26.8. The summed E-state index contributed by atoms with van der Waals surface area (Å²) in [5, 5.41) is 14.9. The highest BCUT2D eigenvalue weighted by molar-refractivity contribution is 6.06. The number of hydrogen-bond donors (Lipinski definition) is 4. The van der Waals surface area contributed by atoms with E-state index < -0.39 is 0 Å². The topological polar surface area (TPSA) is 154 Å². The van der Waals surface area contributed by atoms with Gasteiger partial charge in [-0.1, -0.05) is 12.1 Å². The lowest BCUT2D eigenvalue weighted by Gasteiger charge is -2.17. The second-order valence-electron chi connectivity index (χ2n) is 11.9. The van der Waals surface area contributed by atoms with Crippen molar-refractivity contribution in [2.24, 2.45) is 7.05 Å². The van der Waals surface area contributed by atoms with Crippen LogP contribution in [0.3, 0.4) is 0 Å². The number of carbonyl (C=O) groups excluding carboxylic acids is 1. The van der Waals surface area contributed by atoms with Gasteiger partial charge in [0.15, 0.2) is 11.6 Å². The number of para-hydroxylation sites is 1. The van der Waals surface area contributed by atoms with Gasteiger partial charge in [0.05, 0.1) is 35.8 Å². The highest BCUT2D eigenvalue weighted by atomic mass is 16.5. The van der Waals surface area contributed by atoms with Gasteiger partial charge in [0.1, 0.15) is 6.10 Å². The van der Waals surface area contributed by atoms with Crippen LogP contribution in [0, 0.1) is 13.8 Å². The van der Waals surface area contributed by atoms with E-state index in [9.17, 15) is 4.79 Å². The minimum atomic E-state index is -0.0869. The summed E-state index contributed by atoms with van der Waals surface area (Å²) in [6.07, 6.45) is 7.88. The van der Waals surface area contributed by atoms with Crippen LogP contribution >= 0.6 is 0 Å². The number of amides is 1. The summed E-state index contributed by atoms with van der Waals surface area (Å²) in [5.41, 5.74) is 5.23. The lowest BCUT2D eigenvalue weighted by Crippen LogP contribution is -2.33. The Bertz CT molecular complexity index is 1790. The number of H-pyrrole nitrogens is 1. The average molecular weight is 625 g/mol. The van der Waals surface area contributed by atoms with E-state index in [1.807, 2.05) is 65.5 Å². The van der Waals surface area contributed by atoms with E-state index in [-0.39, 0.29) is 18.6 Å². The fraction of sp³-hybridized carbons (Fsp3) is 0.375. The van der Waals surface area contributed by atoms with Crippen molar-refractivity contribution in [1.29, 1.82) is 0 Å². The molecule has 46 heavy (non-hydrogen) atoms. The molecule has 0 radical (unpaired) electrons. The molecule has 4 N–H and O–H groups in total. The Labute approximate surface area is 267 Å². The maximum Gasteiger partial charge on any atom is 0.238 e. The molecular formula is C32H40N12O2. The van der Waals surface area contributed by atoms with Gasteiger partial charge in [0, 0.05) is 68.3 Å². The first-order valence-corrected chi connectivity index (χ1v) is 15.3. The number of aromatic amines is 1. The molecule has 4 aromatic heterocycles. The summed E-state index contributed by atoms with van der Waals surface area (Å²) < 4.78 is 7.90. The van der Waals surface area contributed by atoms with E-state index in [0.29, 0.717) is 35.7 Å². The van der Waals surface area contributed by atoms with Crippen LogP contribution in [-0.2, 0) is 11.8 Å². The number of benzene rings is 1. The van der Waals surface area contributed by atoms with Crippen molar-refractivity contribution in [2.75, 3.05) is 62.8 Å². The number of aryl methyl sites for hydroxylation is 3. The van der Waals surface area contributed by atoms with Gasteiger partial charge in [0.25, 0.3) is 0 Å². The minimum absolute atomic E-state index is 0.0319. The third-order valence-electron chi connectivity index (χ3n) is 7.94. The normalized spacial score (nSPS) is 15.0. The summed E-state index contributed by atoms with van der Waals surface area (Å²) in [7, 11) is 5.94. The number of likely N-dealkylation sites (tertiary alicyclic amines) is 1. The second-order valence-corrected chi connectivity index (χ2v) is 11.9. The number of likely N-dealkylation sites (N-methyl/N-ethyl adjacent to an activating group) is 1. The summed E-state index contributed by atoms with van der Waals surface area (Å²) in [6, 6.07) is 7.80. The molecule has 14 nitrogen and oxygen atoms in total. The number of nitrogens with one attached hydrogen (secondary N) is 4. The molecule has 14 heteroatoms. The van der Waals surface area contributed by atoms with Gasteiger partial charge in [-0.05, 0) is 46.0 Å². The second kappa shape index (κ2) is 13.5. The first-order chi connectivity index (χ1) is 22.2. The van der Waals surface area contributed by atoms with Gasteiger partial charge in [-0.3, -0.25) is 14.4 Å². The number of anilines is 4. The molecule has 5 aromatic rings. The van der Waals surface area contributed by atoms with Crippen LogP contribution in [0.2, 0.25) is 0 Å². The van der Waals surface area contributed by atoms with Gasteiger partial charge in [-0.2, -0.15) is 5.10 Å². The summed E-state index contributed by atoms with van der Waals surface area (Å²) in [4.78, 5) is 38.6. The van der Waals surface area contributed by atoms with Gasteiger partial charge < -0.3 is 30.6 Å². The largest absolute Gasteiger partial charge is 0.486 e. The van der Waals surface area contributed by atoms with Crippen molar-refractivity contribution in [3.63, 3.8) is 0 Å². The molecule has 1 atom stereocenters. The zero-order valence-corrected chi connectivity index (χ0v) is 26.8. The van der Waals surface area contributed by atoms with Crippen molar-refractivity contribution in [2.45, 2.75) is 26.4 Å². The van der Waals surface area contributed by atoms with Crippen molar-refractivity contribution in [3.05, 3.63) is 60.3 Å². The maximum absolute atomic E-state index is 13.1. The molecule has 1 aliphatic heterocycles. The summed E-state index contributed by atoms with van der Waals surface area (Å²) in [6.45, 7) is 7.30. The van der Waals surface area contributed by atoms with E-state index in [1.165, 1.54) is 0 Å². The summed E-state index contributed by atoms with van der Waals surface area (Å²) in [5.74, 6) is 2.25. The zero-order chi connectivity index (χ0) is 32.2. The predicted octanol–water partition coefficient (Wildman–Crippen LogP) is 3.57. The number of nitrogens with zero attached hydrogens (tertiary/aromatic N) is 8. The highest BCUT2D eigenvalue weighted by Crippen LogP contribution is 2.33. The molecule has 1 fully saturated rings. The average Bonchev–Trinajstić information content (AvgIpc) is 3.73. The van der Waals surface area contributed by atoms with Crippen molar-refractivity contribution < 1.29 is 9.53 Å². The summed E-state index contributed by atoms with van der Waals surface area (Å²) >= 11 is 0. The van der Waals surface area contributed by atoms with Crippen LogP contribution in [0.5, 0.6) is 5.75 Å². The van der Waals surface area contributed by atoms with Gasteiger partial charge >= 0.3 is 0 Å². The quantitative estimate of drug-likeness (QED) is 0.161. The van der Waals surface area contributed by atoms with Crippen LogP contribution in [-0.4, -0.2) is 103 Å². The molecule has 1 aromatic carbocycles. The smallest absolute Gasteiger partial charge is 0.238 e. The first-order valence-electron chi connectivity index (χ1n) is 15.3. The fourth-order valence-corrected chi connectivity index (χ4v) is 5.45. The molecule has 1 amide bonds. The minimum Gasteiger partial charge on any atom is -0.486 e. The molecule has 0 spiro atoms. The predicted molar refractivity (Wildman–Crippen MR) is 178 cm³/mol. The number of aromatic nitrogens is 7. The number of fused-ring (bicyclic) bond motifs is 1. The van der Waals surface area contributed by atoms with Crippen molar-refractivity contribution in [1.82, 2.24) is 44.5 Å². The molecule has 1 saturated heterocycles. The van der Waals surface area contributed by atoms with E-state index in [4.69, 9.17) is 9.72 Å². The Kier molecular flexibility index (Phi) is 9.08. The Morgan fingerprint density at radius 1 is 1.13 bits per heavy atom. The van der Waals surface area contributed by atoms with E-state index in [1.54, 1.807) is 23.3 Å². The Balaban J connectivity index is 1.06. The number of carbonyl (C=O) groups is 1. The lowest BCUT2D eigenvalue weighted by molar-refractivity contribution is -0.117. The Morgan fingerprint density at radius 3 is 2.70 bits per heavy atom. The third-order valence-corrected chi connectivity index (χ3v) is 7.94. The molecule has 0 bridgehead atoms. The van der Waals surface area contributed by atoms with Crippen molar-refractivity contribution >= 4 is 40.2 Å². The molecule has 0 unspecified atom stereocenters. The number of rotatable bonds is 12. The lowest BCUT2D eigenvalue weighted by atomic mass is 10.1. The van der Waals surface area contributed by atoms with E-state index in [0.717, 1.165) is 59.5 Å². The fourth-order valence-electron chi connectivity index (χ4n) is 5.45. The molecule has 0 aliphatic carbocycles. The third kappa shape index (κ3) is 7.24. The highest BCUT2D eigenvalue weighted by Gasteiger charge is 2.26. The Morgan fingerprint density at radius 2 is 1.93 bits per heavy atom. The van der Waals surface area contributed by atoms with E-state index >= 15 is 0 Å². The molecule has 1 aliphatic rings. The monoisotopic (exact) mass is 624 g/mol. The van der Waals surface area contributed by atoms with Gasteiger partial charge in [-0.15, -0.1) is 0 Å². The molecular weight excluding hydrogens is 584 g/mol. The van der Waals surface area contributed by atoms with Crippen molar-refractivity contribution in [3.8, 4) is 17.0 Å². The molecule has 6 rings (SSSR count). The maximum atomic E-state index is 13.1.